The van der Waals surface area contributed by atoms with Gasteiger partial charge >= 0.3 is 0 Å². The average Bonchev–Trinajstić information content (AvgIpc) is 2.99. The minimum absolute atomic E-state index is 0.0587. The van der Waals surface area contributed by atoms with Crippen LogP contribution < -0.4 is 5.32 Å². The van der Waals surface area contributed by atoms with E-state index in [0.717, 1.165) is 5.39 Å². The number of nitrogens with one attached hydrogen (secondary N) is 1. The minimum Gasteiger partial charge on any atom is -0.459 e. The maximum absolute atomic E-state index is 12.3. The van der Waals surface area contributed by atoms with Gasteiger partial charge < -0.3 is 9.73 Å². The van der Waals surface area contributed by atoms with Gasteiger partial charge in [0.2, 0.25) is 5.91 Å². The van der Waals surface area contributed by atoms with Gasteiger partial charge in [0.15, 0.2) is 9.84 Å². The lowest BCUT2D eigenvalue weighted by atomic mass is 10.2. The lowest BCUT2D eigenvalue weighted by Crippen LogP contribution is -2.32. The second kappa shape index (κ2) is 6.90. The van der Waals surface area contributed by atoms with E-state index in [1.807, 2.05) is 30.3 Å². The fraction of sp³-hybridized carbons (Fsp3) is 0.167. The molecule has 0 fully saturated rings. The molecule has 25 heavy (non-hydrogen) atoms. The van der Waals surface area contributed by atoms with E-state index < -0.39 is 27.5 Å². The van der Waals surface area contributed by atoms with Crippen LogP contribution in [0.5, 0.6) is 0 Å². The molecule has 2 aromatic carbocycles. The predicted molar refractivity (Wildman–Crippen MR) is 96.3 cm³/mol. The highest BCUT2D eigenvalue weighted by molar-refractivity contribution is 7.92. The van der Waals surface area contributed by atoms with E-state index in [1.165, 1.54) is 24.3 Å². The topological polar surface area (TPSA) is 76.4 Å². The van der Waals surface area contributed by atoms with Crippen molar-refractivity contribution in [3.63, 3.8) is 0 Å². The number of fused-ring (bicyclic) bond motifs is 1. The first-order valence-corrected chi connectivity index (χ1v) is 9.64. The van der Waals surface area contributed by atoms with Gasteiger partial charge in [-0.1, -0.05) is 29.8 Å². The zero-order chi connectivity index (χ0) is 18.0. The molecular weight excluding hydrogens is 362 g/mol. The third-order valence-corrected chi connectivity index (χ3v) is 5.63. The van der Waals surface area contributed by atoms with Gasteiger partial charge in [-0.15, -0.1) is 0 Å². The molecule has 1 atom stereocenters. The number of amides is 1. The van der Waals surface area contributed by atoms with Crippen molar-refractivity contribution in [2.75, 3.05) is 5.75 Å². The Labute approximate surface area is 150 Å². The van der Waals surface area contributed by atoms with Crippen LogP contribution in [0.1, 0.15) is 18.7 Å². The normalized spacial score (nSPS) is 12.9. The van der Waals surface area contributed by atoms with Gasteiger partial charge in [-0.25, -0.2) is 8.42 Å². The van der Waals surface area contributed by atoms with Gasteiger partial charge in [0.05, 0.1) is 10.9 Å². The molecule has 0 bridgehead atoms. The molecule has 5 nitrogen and oxygen atoms in total. The summed E-state index contributed by atoms with van der Waals surface area (Å²) >= 11 is 5.75. The summed E-state index contributed by atoms with van der Waals surface area (Å²) in [6.45, 7) is 1.74. The van der Waals surface area contributed by atoms with Crippen LogP contribution in [0.15, 0.2) is 63.9 Å². The lowest BCUT2D eigenvalue weighted by molar-refractivity contribution is -0.119. The van der Waals surface area contributed by atoms with Crippen molar-refractivity contribution < 1.29 is 17.6 Å². The second-order valence-electron chi connectivity index (χ2n) is 5.69. The molecule has 1 heterocycles. The van der Waals surface area contributed by atoms with Crippen molar-refractivity contribution in [1.29, 1.82) is 0 Å². The van der Waals surface area contributed by atoms with E-state index in [4.69, 9.17) is 16.0 Å². The smallest absolute Gasteiger partial charge is 0.236 e. The van der Waals surface area contributed by atoms with Gasteiger partial charge in [0.25, 0.3) is 0 Å². The van der Waals surface area contributed by atoms with Crippen molar-refractivity contribution in [3.05, 3.63) is 65.4 Å². The Bertz CT molecular complexity index is 976. The fourth-order valence-electron chi connectivity index (χ4n) is 2.47. The first-order valence-electron chi connectivity index (χ1n) is 7.61. The molecular formula is C18H16ClNO4S. The first kappa shape index (κ1) is 17.5. The average molecular weight is 378 g/mol. The van der Waals surface area contributed by atoms with Crippen molar-refractivity contribution >= 4 is 38.3 Å². The molecule has 3 rings (SSSR count). The van der Waals surface area contributed by atoms with Crippen LogP contribution in [0, 0.1) is 0 Å². The number of para-hydroxylation sites is 1. The van der Waals surface area contributed by atoms with Crippen LogP contribution in [0.2, 0.25) is 5.02 Å². The van der Waals surface area contributed by atoms with Crippen molar-refractivity contribution in [2.24, 2.45) is 0 Å². The Kier molecular flexibility index (Phi) is 4.83. The quantitative estimate of drug-likeness (QED) is 0.734. The largest absolute Gasteiger partial charge is 0.459 e. The number of sulfone groups is 1. The summed E-state index contributed by atoms with van der Waals surface area (Å²) in [4.78, 5) is 12.2. The number of halogens is 1. The van der Waals surface area contributed by atoms with E-state index in [2.05, 4.69) is 5.32 Å². The van der Waals surface area contributed by atoms with Crippen LogP contribution in [0.3, 0.4) is 0 Å². The zero-order valence-electron chi connectivity index (χ0n) is 13.4. The van der Waals surface area contributed by atoms with Crippen molar-refractivity contribution in [1.82, 2.24) is 5.32 Å². The molecule has 1 N–H and O–H groups in total. The molecule has 7 heteroatoms. The van der Waals surface area contributed by atoms with Gasteiger partial charge in [-0.05, 0) is 43.3 Å². The van der Waals surface area contributed by atoms with Gasteiger partial charge in [0, 0.05) is 10.4 Å². The minimum atomic E-state index is -3.73. The molecule has 1 amide bonds. The molecule has 130 valence electrons. The summed E-state index contributed by atoms with van der Waals surface area (Å²) in [6, 6.07) is 14.6. The Morgan fingerprint density at radius 1 is 1.16 bits per heavy atom. The molecule has 0 saturated heterocycles. The number of rotatable bonds is 5. The molecule has 0 aliphatic rings. The molecule has 0 aliphatic heterocycles. The number of furan rings is 1. The van der Waals surface area contributed by atoms with Crippen molar-refractivity contribution in [3.8, 4) is 0 Å². The lowest BCUT2D eigenvalue weighted by Gasteiger charge is -2.11. The fourth-order valence-corrected chi connectivity index (χ4v) is 3.74. The third kappa shape index (κ3) is 4.03. The molecule has 0 spiro atoms. The Morgan fingerprint density at radius 2 is 1.84 bits per heavy atom. The summed E-state index contributed by atoms with van der Waals surface area (Å²) in [6.07, 6.45) is 0. The summed E-state index contributed by atoms with van der Waals surface area (Å²) < 4.78 is 30.3. The standard InChI is InChI=1S/C18H16ClNO4S/c1-12(17-10-13-4-2-3-5-16(13)24-17)20-18(21)11-25(22,23)15-8-6-14(19)7-9-15/h2-10,12H,11H2,1H3,(H,20,21). The SMILES string of the molecule is CC(NC(=O)CS(=O)(=O)c1ccc(Cl)cc1)c1cc2ccccc2o1. The molecule has 0 saturated carbocycles. The summed E-state index contributed by atoms with van der Waals surface area (Å²) in [5.74, 6) is -0.666. The summed E-state index contributed by atoms with van der Waals surface area (Å²) in [7, 11) is -3.73. The predicted octanol–water partition coefficient (Wildman–Crippen LogP) is 3.74. The Balaban J connectivity index is 1.70. The first-order chi connectivity index (χ1) is 11.8. The van der Waals surface area contributed by atoms with Crippen LogP contribution in [-0.4, -0.2) is 20.1 Å². The van der Waals surface area contributed by atoms with Gasteiger partial charge in [-0.3, -0.25) is 4.79 Å². The monoisotopic (exact) mass is 377 g/mol. The molecule has 1 aromatic heterocycles. The number of hydrogen-bond donors (Lipinski definition) is 1. The van der Waals surface area contributed by atoms with Crippen LogP contribution in [-0.2, 0) is 14.6 Å². The van der Waals surface area contributed by atoms with Gasteiger partial charge in [-0.2, -0.15) is 0 Å². The zero-order valence-corrected chi connectivity index (χ0v) is 15.0. The van der Waals surface area contributed by atoms with Crippen molar-refractivity contribution in [2.45, 2.75) is 17.9 Å². The highest BCUT2D eigenvalue weighted by Crippen LogP contribution is 2.23. The molecule has 3 aromatic rings. The Hall–Kier alpha value is -2.31. The third-order valence-electron chi connectivity index (χ3n) is 3.74. The van der Waals surface area contributed by atoms with Crippen LogP contribution in [0.4, 0.5) is 0 Å². The summed E-state index contributed by atoms with van der Waals surface area (Å²) in [5, 5.41) is 4.01. The highest BCUT2D eigenvalue weighted by atomic mass is 35.5. The van der Waals surface area contributed by atoms with E-state index in [-0.39, 0.29) is 4.90 Å². The van der Waals surface area contributed by atoms with Gasteiger partial charge in [0.1, 0.15) is 17.1 Å². The molecule has 1 unspecified atom stereocenters. The number of carbonyl (C=O) groups is 1. The summed E-state index contributed by atoms with van der Waals surface area (Å²) in [5.41, 5.74) is 0.715. The van der Waals surface area contributed by atoms with E-state index in [9.17, 15) is 13.2 Å². The van der Waals surface area contributed by atoms with E-state index in [1.54, 1.807) is 6.92 Å². The number of benzene rings is 2. The molecule has 0 aliphatic carbocycles. The molecule has 0 radical (unpaired) electrons. The number of carbonyl (C=O) groups excluding carboxylic acids is 1. The number of hydrogen-bond acceptors (Lipinski definition) is 4. The van der Waals surface area contributed by atoms with E-state index in [0.29, 0.717) is 16.4 Å². The maximum Gasteiger partial charge on any atom is 0.236 e. The Morgan fingerprint density at radius 3 is 2.52 bits per heavy atom. The maximum atomic E-state index is 12.3. The highest BCUT2D eigenvalue weighted by Gasteiger charge is 2.21. The van der Waals surface area contributed by atoms with E-state index >= 15 is 0 Å². The second-order valence-corrected chi connectivity index (χ2v) is 8.11. The van der Waals surface area contributed by atoms with Crippen LogP contribution >= 0.6 is 11.6 Å². The van der Waals surface area contributed by atoms with Crippen LogP contribution in [0.25, 0.3) is 11.0 Å².